The van der Waals surface area contributed by atoms with Crippen molar-refractivity contribution in [2.75, 3.05) is 7.11 Å². The quantitative estimate of drug-likeness (QED) is 0.801. The number of benzene rings is 2. The summed E-state index contributed by atoms with van der Waals surface area (Å²) >= 11 is 1.50. The van der Waals surface area contributed by atoms with Gasteiger partial charge in [-0.05, 0) is 31.2 Å². The molecule has 17 heavy (non-hydrogen) atoms. The molecule has 0 saturated heterocycles. The van der Waals surface area contributed by atoms with Crippen molar-refractivity contribution in [3.05, 3.63) is 53.8 Å². The summed E-state index contributed by atoms with van der Waals surface area (Å²) in [4.78, 5) is 1.86. The topological polar surface area (TPSA) is 9.23 Å². The fourth-order valence-electron chi connectivity index (χ4n) is 1.50. The third kappa shape index (κ3) is 2.80. The second kappa shape index (κ2) is 5.23. The van der Waals surface area contributed by atoms with Crippen molar-refractivity contribution < 1.29 is 9.13 Å². The van der Waals surface area contributed by atoms with Crippen LogP contribution in [0.1, 0.15) is 5.56 Å². The van der Waals surface area contributed by atoms with Crippen LogP contribution in [0.2, 0.25) is 0 Å². The Morgan fingerprint density at radius 3 is 2.41 bits per heavy atom. The Labute approximate surface area is 105 Å². The molecule has 2 aromatic rings. The summed E-state index contributed by atoms with van der Waals surface area (Å²) in [6.45, 7) is 2.04. The molecule has 0 N–H and O–H groups in total. The van der Waals surface area contributed by atoms with Crippen molar-refractivity contribution in [1.29, 1.82) is 0 Å². The molecule has 0 spiro atoms. The zero-order valence-electron chi connectivity index (χ0n) is 9.74. The Kier molecular flexibility index (Phi) is 3.69. The van der Waals surface area contributed by atoms with Crippen LogP contribution in [0.4, 0.5) is 4.39 Å². The van der Waals surface area contributed by atoms with Crippen LogP contribution >= 0.6 is 11.8 Å². The Bertz CT molecular complexity index is 508. The number of rotatable bonds is 3. The molecule has 0 unspecified atom stereocenters. The summed E-state index contributed by atoms with van der Waals surface area (Å²) in [5.41, 5.74) is 1.21. The number of hydrogen-bond acceptors (Lipinski definition) is 2. The van der Waals surface area contributed by atoms with Gasteiger partial charge in [0.15, 0.2) is 11.6 Å². The van der Waals surface area contributed by atoms with Crippen molar-refractivity contribution in [2.24, 2.45) is 0 Å². The molecular weight excluding hydrogens is 235 g/mol. The molecule has 0 radical (unpaired) electrons. The molecule has 0 bridgehead atoms. The van der Waals surface area contributed by atoms with Gasteiger partial charge in [-0.25, -0.2) is 4.39 Å². The summed E-state index contributed by atoms with van der Waals surface area (Å²) in [7, 11) is 1.48. The van der Waals surface area contributed by atoms with Crippen molar-refractivity contribution in [3.8, 4) is 5.75 Å². The van der Waals surface area contributed by atoms with Gasteiger partial charge in [-0.15, -0.1) is 0 Å². The third-order valence-corrected chi connectivity index (χ3v) is 3.43. The first kappa shape index (κ1) is 12.0. The van der Waals surface area contributed by atoms with Crippen LogP contribution in [-0.2, 0) is 0 Å². The first-order valence-electron chi connectivity index (χ1n) is 5.27. The van der Waals surface area contributed by atoms with Crippen molar-refractivity contribution in [1.82, 2.24) is 0 Å². The van der Waals surface area contributed by atoms with E-state index < -0.39 is 0 Å². The predicted octanol–water partition coefficient (Wildman–Crippen LogP) is 4.29. The van der Waals surface area contributed by atoms with Gasteiger partial charge in [0.1, 0.15) is 0 Å². The maximum Gasteiger partial charge on any atom is 0.168 e. The third-order valence-electron chi connectivity index (χ3n) is 2.38. The largest absolute Gasteiger partial charge is 0.492 e. The van der Waals surface area contributed by atoms with Crippen LogP contribution in [0.5, 0.6) is 5.75 Å². The fourth-order valence-corrected chi connectivity index (χ4v) is 2.45. The van der Waals surface area contributed by atoms with E-state index in [4.69, 9.17) is 4.74 Å². The molecular formula is C14H13FOS. The summed E-state index contributed by atoms with van der Waals surface area (Å²) in [5.74, 6) is -0.0253. The van der Waals surface area contributed by atoms with E-state index in [1.165, 1.54) is 30.5 Å². The molecule has 3 heteroatoms. The molecule has 0 atom stereocenters. The molecule has 0 amide bonds. The summed E-state index contributed by atoms with van der Waals surface area (Å²) in [6, 6.07) is 13.1. The van der Waals surface area contributed by atoms with Gasteiger partial charge >= 0.3 is 0 Å². The van der Waals surface area contributed by atoms with E-state index in [1.54, 1.807) is 6.07 Å². The highest BCUT2D eigenvalue weighted by Gasteiger charge is 2.09. The highest BCUT2D eigenvalue weighted by Crippen LogP contribution is 2.36. The normalized spacial score (nSPS) is 10.3. The average molecular weight is 248 g/mol. The van der Waals surface area contributed by atoms with Crippen LogP contribution in [0.3, 0.4) is 0 Å². The standard InChI is InChI=1S/C14H13FOS/c1-10-6-8-11(9-7-10)17-13-5-3-4-12(15)14(13)16-2/h3-9H,1-2H3. The van der Waals surface area contributed by atoms with Crippen LogP contribution in [0.15, 0.2) is 52.3 Å². The lowest BCUT2D eigenvalue weighted by atomic mass is 10.2. The fraction of sp³-hybridized carbons (Fsp3) is 0.143. The van der Waals surface area contributed by atoms with E-state index in [1.807, 2.05) is 37.3 Å². The number of hydrogen-bond donors (Lipinski definition) is 0. The molecule has 88 valence electrons. The number of methoxy groups -OCH3 is 1. The maximum atomic E-state index is 13.5. The molecule has 0 aliphatic rings. The van der Waals surface area contributed by atoms with Crippen molar-refractivity contribution in [3.63, 3.8) is 0 Å². The number of ether oxygens (including phenoxy) is 1. The molecule has 0 aliphatic heterocycles. The summed E-state index contributed by atoms with van der Waals surface area (Å²) in [5, 5.41) is 0. The van der Waals surface area contributed by atoms with Crippen LogP contribution < -0.4 is 4.74 Å². The lowest BCUT2D eigenvalue weighted by Crippen LogP contribution is -1.90. The van der Waals surface area contributed by atoms with Gasteiger partial charge in [0.25, 0.3) is 0 Å². The first-order valence-corrected chi connectivity index (χ1v) is 6.09. The van der Waals surface area contributed by atoms with Crippen LogP contribution in [0, 0.1) is 12.7 Å². The average Bonchev–Trinajstić information content (AvgIpc) is 2.32. The van der Waals surface area contributed by atoms with E-state index in [2.05, 4.69) is 0 Å². The zero-order valence-corrected chi connectivity index (χ0v) is 10.6. The summed E-state index contributed by atoms with van der Waals surface area (Å²) < 4.78 is 18.6. The summed E-state index contributed by atoms with van der Waals surface area (Å²) in [6.07, 6.45) is 0. The first-order chi connectivity index (χ1) is 8.20. The number of aryl methyl sites for hydroxylation is 1. The lowest BCUT2D eigenvalue weighted by molar-refractivity contribution is 0.376. The Morgan fingerprint density at radius 1 is 1.06 bits per heavy atom. The Hall–Kier alpha value is -1.48. The van der Waals surface area contributed by atoms with Gasteiger partial charge < -0.3 is 4.74 Å². The minimum atomic E-state index is -0.329. The Morgan fingerprint density at radius 2 is 1.76 bits per heavy atom. The van der Waals surface area contributed by atoms with E-state index in [0.29, 0.717) is 5.75 Å². The molecule has 0 saturated carbocycles. The van der Waals surface area contributed by atoms with E-state index in [-0.39, 0.29) is 5.82 Å². The minimum absolute atomic E-state index is 0.304. The molecule has 2 rings (SSSR count). The van der Waals surface area contributed by atoms with Crippen molar-refractivity contribution >= 4 is 11.8 Å². The molecule has 0 heterocycles. The van der Waals surface area contributed by atoms with Gasteiger partial charge in [-0.3, -0.25) is 0 Å². The highest BCUT2D eigenvalue weighted by atomic mass is 32.2. The monoisotopic (exact) mass is 248 g/mol. The van der Waals surface area contributed by atoms with E-state index in [9.17, 15) is 4.39 Å². The van der Waals surface area contributed by atoms with Gasteiger partial charge in [0, 0.05) is 4.90 Å². The number of halogens is 1. The molecule has 0 aliphatic carbocycles. The Balaban J connectivity index is 2.29. The predicted molar refractivity (Wildman–Crippen MR) is 68.3 cm³/mol. The SMILES string of the molecule is COc1c(F)cccc1Sc1ccc(C)cc1. The van der Waals surface area contributed by atoms with Gasteiger partial charge in [0.05, 0.1) is 12.0 Å². The zero-order chi connectivity index (χ0) is 12.3. The van der Waals surface area contributed by atoms with Crippen LogP contribution in [0.25, 0.3) is 0 Å². The number of para-hydroxylation sites is 1. The molecule has 2 aromatic carbocycles. The minimum Gasteiger partial charge on any atom is -0.492 e. The van der Waals surface area contributed by atoms with E-state index >= 15 is 0 Å². The second-order valence-electron chi connectivity index (χ2n) is 3.69. The van der Waals surface area contributed by atoms with Gasteiger partial charge in [-0.2, -0.15) is 0 Å². The molecule has 0 fully saturated rings. The van der Waals surface area contributed by atoms with Crippen LogP contribution in [-0.4, -0.2) is 7.11 Å². The molecule has 1 nitrogen and oxygen atoms in total. The maximum absolute atomic E-state index is 13.5. The van der Waals surface area contributed by atoms with Gasteiger partial charge in [0.2, 0.25) is 0 Å². The highest BCUT2D eigenvalue weighted by molar-refractivity contribution is 7.99. The van der Waals surface area contributed by atoms with E-state index in [0.717, 1.165) is 9.79 Å². The molecule has 0 aromatic heterocycles. The van der Waals surface area contributed by atoms with Gasteiger partial charge in [-0.1, -0.05) is 35.5 Å². The lowest BCUT2D eigenvalue weighted by Gasteiger charge is -2.08. The van der Waals surface area contributed by atoms with Crippen molar-refractivity contribution in [2.45, 2.75) is 16.7 Å². The smallest absolute Gasteiger partial charge is 0.168 e. The second-order valence-corrected chi connectivity index (χ2v) is 4.80.